The summed E-state index contributed by atoms with van der Waals surface area (Å²) in [6.45, 7) is 4.42. The molecular formula is C10H15N3S. The summed E-state index contributed by atoms with van der Waals surface area (Å²) in [5.41, 5.74) is 0. The average molecular weight is 209 g/mol. The molecule has 14 heavy (non-hydrogen) atoms. The highest BCUT2D eigenvalue weighted by Gasteiger charge is 2.29. The number of fused-ring (bicyclic) bond motifs is 1. The third-order valence-corrected chi connectivity index (χ3v) is 4.25. The fourth-order valence-electron chi connectivity index (χ4n) is 2.22. The lowest BCUT2D eigenvalue weighted by Crippen LogP contribution is -2.30. The van der Waals surface area contributed by atoms with Gasteiger partial charge >= 0.3 is 0 Å². The van der Waals surface area contributed by atoms with Crippen molar-refractivity contribution in [3.05, 3.63) is 11.1 Å². The van der Waals surface area contributed by atoms with Gasteiger partial charge in [0.15, 0.2) is 5.17 Å². The number of nitrogens with one attached hydrogen (secondary N) is 1. The van der Waals surface area contributed by atoms with Gasteiger partial charge < -0.3 is 10.2 Å². The Balaban J connectivity index is 1.71. The van der Waals surface area contributed by atoms with Crippen LogP contribution in [0.1, 0.15) is 12.8 Å². The van der Waals surface area contributed by atoms with Crippen LogP contribution in [0, 0.1) is 5.92 Å². The third kappa shape index (κ3) is 1.46. The van der Waals surface area contributed by atoms with Crippen molar-refractivity contribution in [3.8, 4) is 0 Å². The molecule has 3 heterocycles. The first-order valence-corrected chi connectivity index (χ1v) is 6.16. The molecule has 0 amide bonds. The van der Waals surface area contributed by atoms with Crippen LogP contribution in [0.2, 0.25) is 0 Å². The Morgan fingerprint density at radius 3 is 3.36 bits per heavy atom. The molecule has 3 rings (SSSR count). The van der Waals surface area contributed by atoms with E-state index >= 15 is 0 Å². The average Bonchev–Trinajstić information content (AvgIpc) is 2.78. The number of hydrogen-bond acceptors (Lipinski definition) is 4. The van der Waals surface area contributed by atoms with E-state index in [0.717, 1.165) is 25.6 Å². The quantitative estimate of drug-likeness (QED) is 0.704. The summed E-state index contributed by atoms with van der Waals surface area (Å²) in [4.78, 5) is 8.30. The van der Waals surface area contributed by atoms with E-state index in [1.54, 1.807) is 0 Å². The summed E-state index contributed by atoms with van der Waals surface area (Å²) in [6, 6.07) is 0. The fourth-order valence-corrected chi connectivity index (χ4v) is 3.39. The molecule has 0 aromatic rings. The smallest absolute Gasteiger partial charge is 0.168 e. The Morgan fingerprint density at radius 1 is 1.57 bits per heavy atom. The molecule has 3 aliphatic rings. The van der Waals surface area contributed by atoms with Crippen molar-refractivity contribution in [2.24, 2.45) is 10.9 Å². The van der Waals surface area contributed by atoms with Gasteiger partial charge in [0.05, 0.1) is 6.54 Å². The van der Waals surface area contributed by atoms with Gasteiger partial charge in [0.1, 0.15) is 0 Å². The minimum Gasteiger partial charge on any atom is -0.325 e. The Hall–Kier alpha value is -0.480. The standard InChI is InChI=1S/C10H15N3S/c1-2-8(6-11-3-1)9-7-13-5-4-12-10(13)14-9/h7-8,11H,1-6H2. The van der Waals surface area contributed by atoms with Crippen molar-refractivity contribution in [2.75, 3.05) is 26.2 Å². The normalized spacial score (nSPS) is 31.4. The largest absolute Gasteiger partial charge is 0.325 e. The number of nitrogens with zero attached hydrogens (tertiary/aromatic N) is 2. The van der Waals surface area contributed by atoms with E-state index in [2.05, 4.69) is 21.4 Å². The number of rotatable bonds is 1. The maximum absolute atomic E-state index is 4.48. The molecule has 0 radical (unpaired) electrons. The summed E-state index contributed by atoms with van der Waals surface area (Å²) in [5, 5.41) is 4.69. The molecule has 76 valence electrons. The van der Waals surface area contributed by atoms with Crippen LogP contribution in [0.15, 0.2) is 16.1 Å². The van der Waals surface area contributed by atoms with E-state index in [0.29, 0.717) is 0 Å². The van der Waals surface area contributed by atoms with Crippen molar-refractivity contribution in [3.63, 3.8) is 0 Å². The molecule has 4 heteroatoms. The summed E-state index contributed by atoms with van der Waals surface area (Å²) in [5.74, 6) is 0.738. The molecule has 3 nitrogen and oxygen atoms in total. The van der Waals surface area contributed by atoms with E-state index < -0.39 is 0 Å². The topological polar surface area (TPSA) is 27.6 Å². The zero-order chi connectivity index (χ0) is 9.38. The van der Waals surface area contributed by atoms with Gasteiger partial charge in [0.25, 0.3) is 0 Å². The van der Waals surface area contributed by atoms with Crippen LogP contribution in [0.4, 0.5) is 0 Å². The number of piperidine rings is 1. The summed E-state index contributed by atoms with van der Waals surface area (Å²) in [6.07, 6.45) is 4.97. The third-order valence-electron chi connectivity index (χ3n) is 3.03. The van der Waals surface area contributed by atoms with Crippen molar-refractivity contribution in [1.82, 2.24) is 10.2 Å². The Kier molecular flexibility index (Phi) is 2.25. The van der Waals surface area contributed by atoms with Crippen LogP contribution in [0.3, 0.4) is 0 Å². The minimum atomic E-state index is 0.738. The van der Waals surface area contributed by atoms with Crippen LogP contribution in [0.25, 0.3) is 0 Å². The lowest BCUT2D eigenvalue weighted by molar-refractivity contribution is 0.431. The summed E-state index contributed by atoms with van der Waals surface area (Å²) < 4.78 is 0. The van der Waals surface area contributed by atoms with E-state index in [1.807, 2.05) is 11.8 Å². The minimum absolute atomic E-state index is 0.738. The first-order chi connectivity index (χ1) is 6.93. The highest BCUT2D eigenvalue weighted by Crippen LogP contribution is 2.37. The summed E-state index contributed by atoms with van der Waals surface area (Å²) in [7, 11) is 0. The molecule has 1 atom stereocenters. The van der Waals surface area contributed by atoms with Gasteiger partial charge in [-0.3, -0.25) is 4.99 Å². The van der Waals surface area contributed by atoms with Crippen LogP contribution in [-0.2, 0) is 0 Å². The van der Waals surface area contributed by atoms with Gasteiger partial charge in [0.2, 0.25) is 0 Å². The molecule has 0 spiro atoms. The van der Waals surface area contributed by atoms with Gasteiger partial charge in [-0.25, -0.2) is 0 Å². The second-order valence-electron chi connectivity index (χ2n) is 4.03. The van der Waals surface area contributed by atoms with Crippen LogP contribution < -0.4 is 5.32 Å². The maximum atomic E-state index is 4.48. The number of aliphatic imine (C=N–C) groups is 1. The monoisotopic (exact) mass is 209 g/mol. The van der Waals surface area contributed by atoms with E-state index in [9.17, 15) is 0 Å². The highest BCUT2D eigenvalue weighted by molar-refractivity contribution is 8.17. The number of thioether (sulfide) groups is 1. The molecule has 1 saturated heterocycles. The number of amidine groups is 1. The first-order valence-electron chi connectivity index (χ1n) is 5.35. The van der Waals surface area contributed by atoms with Crippen molar-refractivity contribution < 1.29 is 0 Å². The molecule has 0 aromatic heterocycles. The molecular weight excluding hydrogens is 194 g/mol. The van der Waals surface area contributed by atoms with Gasteiger partial charge in [-0.2, -0.15) is 0 Å². The lowest BCUT2D eigenvalue weighted by atomic mass is 9.99. The SMILES string of the molecule is C1=C(C2CCCNC2)SC2=NCCN12. The summed E-state index contributed by atoms with van der Waals surface area (Å²) >= 11 is 1.88. The zero-order valence-corrected chi connectivity index (χ0v) is 9.02. The molecule has 0 bridgehead atoms. The fraction of sp³-hybridized carbons (Fsp3) is 0.700. The zero-order valence-electron chi connectivity index (χ0n) is 8.20. The van der Waals surface area contributed by atoms with Crippen molar-refractivity contribution >= 4 is 16.9 Å². The van der Waals surface area contributed by atoms with Gasteiger partial charge in [-0.15, -0.1) is 0 Å². The highest BCUT2D eigenvalue weighted by atomic mass is 32.2. The lowest BCUT2D eigenvalue weighted by Gasteiger charge is -2.22. The predicted molar refractivity (Wildman–Crippen MR) is 60.3 cm³/mol. The Morgan fingerprint density at radius 2 is 2.57 bits per heavy atom. The van der Waals surface area contributed by atoms with Crippen LogP contribution in [0.5, 0.6) is 0 Å². The number of hydrogen-bond donors (Lipinski definition) is 1. The predicted octanol–water partition coefficient (Wildman–Crippen LogP) is 1.25. The molecule has 0 saturated carbocycles. The van der Waals surface area contributed by atoms with Crippen LogP contribution in [-0.4, -0.2) is 36.2 Å². The second-order valence-corrected chi connectivity index (χ2v) is 5.08. The first kappa shape index (κ1) is 8.80. The Labute approximate surface area is 88.6 Å². The van der Waals surface area contributed by atoms with E-state index in [4.69, 9.17) is 0 Å². The second kappa shape index (κ2) is 3.59. The van der Waals surface area contributed by atoms with E-state index in [-0.39, 0.29) is 0 Å². The maximum Gasteiger partial charge on any atom is 0.168 e. The molecule has 1 N–H and O–H groups in total. The molecule has 0 aromatic carbocycles. The van der Waals surface area contributed by atoms with Gasteiger partial charge in [0, 0.05) is 30.1 Å². The molecule has 0 aliphatic carbocycles. The molecule has 3 aliphatic heterocycles. The van der Waals surface area contributed by atoms with Gasteiger partial charge in [-0.05, 0) is 19.4 Å². The van der Waals surface area contributed by atoms with Crippen molar-refractivity contribution in [1.29, 1.82) is 0 Å². The van der Waals surface area contributed by atoms with Crippen LogP contribution >= 0.6 is 11.8 Å². The van der Waals surface area contributed by atoms with E-state index in [1.165, 1.54) is 29.5 Å². The van der Waals surface area contributed by atoms with Gasteiger partial charge in [-0.1, -0.05) is 11.8 Å². The molecule has 1 unspecified atom stereocenters. The molecule has 1 fully saturated rings. The Bertz CT molecular complexity index is 292. The van der Waals surface area contributed by atoms with Crippen molar-refractivity contribution in [2.45, 2.75) is 12.8 Å².